The van der Waals surface area contributed by atoms with Crippen molar-refractivity contribution in [1.29, 1.82) is 0 Å². The minimum Gasteiger partial charge on any atom is -0.469 e. The highest BCUT2D eigenvalue weighted by Gasteiger charge is 2.89. The fourth-order valence-electron chi connectivity index (χ4n) is 3.70. The van der Waals surface area contributed by atoms with Crippen molar-refractivity contribution >= 4 is 35.0 Å². The molecule has 114 valence electrons. The van der Waals surface area contributed by atoms with Gasteiger partial charge in [0.15, 0.2) is 10.7 Å². The molecule has 2 bridgehead atoms. The number of esters is 1. The molecule has 1 N–H and O–H groups in total. The van der Waals surface area contributed by atoms with Gasteiger partial charge >= 0.3 is 5.97 Å². The summed E-state index contributed by atoms with van der Waals surface area (Å²) in [6.45, 7) is 1.58. The van der Waals surface area contributed by atoms with E-state index in [-0.39, 0.29) is 0 Å². The predicted molar refractivity (Wildman–Crippen MR) is 69.6 cm³/mol. The molecule has 8 heteroatoms. The van der Waals surface area contributed by atoms with Crippen LogP contribution in [0.1, 0.15) is 6.92 Å². The topological polar surface area (TPSA) is 82.1 Å². The molecule has 6 nitrogen and oxygen atoms in total. The summed E-state index contributed by atoms with van der Waals surface area (Å²) >= 11 is 12.9. The molecule has 0 saturated heterocycles. The van der Waals surface area contributed by atoms with Crippen molar-refractivity contribution in [3.05, 3.63) is 0 Å². The van der Waals surface area contributed by atoms with Gasteiger partial charge in [-0.1, -0.05) is 6.92 Å². The van der Waals surface area contributed by atoms with Crippen LogP contribution in [0.4, 0.5) is 0 Å². The quantitative estimate of drug-likeness (QED) is 0.457. The molecule has 2 fully saturated rings. The molecule has 0 aromatic rings. The molecule has 0 unspecified atom stereocenters. The average molecular weight is 327 g/mol. The zero-order valence-electron chi connectivity index (χ0n) is 11.5. The van der Waals surface area contributed by atoms with Crippen LogP contribution >= 0.6 is 23.2 Å². The highest BCUT2D eigenvalue weighted by atomic mass is 35.5. The molecule has 2 saturated carbocycles. The van der Waals surface area contributed by atoms with Crippen molar-refractivity contribution in [2.75, 3.05) is 21.3 Å². The highest BCUT2D eigenvalue weighted by molar-refractivity contribution is 6.44. The number of Topliss-reactive ketones (excluding diaryl/α,β-unsaturated/α-hetero) is 1. The summed E-state index contributed by atoms with van der Waals surface area (Å²) in [6.07, 6.45) is -1.69. The lowest BCUT2D eigenvalue weighted by Gasteiger charge is -2.39. The number of alkyl halides is 2. The Kier molecular flexibility index (Phi) is 3.63. The lowest BCUT2D eigenvalue weighted by molar-refractivity contribution is -0.228. The van der Waals surface area contributed by atoms with Crippen molar-refractivity contribution in [3.8, 4) is 0 Å². The van der Waals surface area contributed by atoms with Crippen molar-refractivity contribution < 1.29 is 28.9 Å². The first-order valence-electron chi connectivity index (χ1n) is 5.99. The summed E-state index contributed by atoms with van der Waals surface area (Å²) in [4.78, 5) is 20.7. The lowest BCUT2D eigenvalue weighted by atomic mass is 9.77. The normalized spacial score (nSPS) is 45.8. The van der Waals surface area contributed by atoms with Gasteiger partial charge in [0.1, 0.15) is 11.0 Å². The summed E-state index contributed by atoms with van der Waals surface area (Å²) in [5, 5.41) is 10.2. The zero-order valence-corrected chi connectivity index (χ0v) is 13.0. The number of carbonyl (C=O) groups is 2. The van der Waals surface area contributed by atoms with Gasteiger partial charge in [-0.25, -0.2) is 0 Å². The van der Waals surface area contributed by atoms with Crippen LogP contribution < -0.4 is 0 Å². The Hall–Kier alpha value is -0.400. The van der Waals surface area contributed by atoms with Crippen LogP contribution in [-0.4, -0.2) is 59.8 Å². The minimum absolute atomic E-state index is 0.681. The van der Waals surface area contributed by atoms with E-state index in [1.165, 1.54) is 21.3 Å². The molecular weight excluding hydrogens is 311 g/mol. The Balaban J connectivity index is 2.74. The van der Waals surface area contributed by atoms with Crippen molar-refractivity contribution in [3.63, 3.8) is 0 Å². The van der Waals surface area contributed by atoms with Crippen LogP contribution in [-0.2, 0) is 23.8 Å². The van der Waals surface area contributed by atoms with Gasteiger partial charge in [0.2, 0.25) is 5.79 Å². The van der Waals surface area contributed by atoms with E-state index in [2.05, 4.69) is 0 Å². The first-order valence-corrected chi connectivity index (χ1v) is 6.74. The average Bonchev–Trinajstić information content (AvgIpc) is 2.67. The van der Waals surface area contributed by atoms with Gasteiger partial charge in [0.05, 0.1) is 13.0 Å². The number of aliphatic hydroxyl groups excluding tert-OH is 1. The summed E-state index contributed by atoms with van der Waals surface area (Å²) in [7, 11) is 3.71. The van der Waals surface area contributed by atoms with Crippen LogP contribution in [0.25, 0.3) is 0 Å². The Bertz CT molecular complexity index is 465. The number of ether oxygens (including phenoxy) is 3. The number of hydrogen-bond donors (Lipinski definition) is 1. The number of ketones is 1. The highest BCUT2D eigenvalue weighted by Crippen LogP contribution is 2.68. The summed E-state index contributed by atoms with van der Waals surface area (Å²) in [5.41, 5.74) is 0. The summed E-state index contributed by atoms with van der Waals surface area (Å²) in [5.74, 6) is -4.99. The van der Waals surface area contributed by atoms with Gasteiger partial charge < -0.3 is 19.3 Å². The van der Waals surface area contributed by atoms with Crippen LogP contribution in [0.3, 0.4) is 0 Å². The Morgan fingerprint density at radius 1 is 1.25 bits per heavy atom. The summed E-state index contributed by atoms with van der Waals surface area (Å²) in [6, 6.07) is 0. The Morgan fingerprint density at radius 2 is 1.75 bits per heavy atom. The van der Waals surface area contributed by atoms with E-state index in [9.17, 15) is 14.7 Å². The maximum absolute atomic E-state index is 12.3. The first-order chi connectivity index (χ1) is 9.20. The number of aliphatic hydroxyl groups is 1. The van der Waals surface area contributed by atoms with Crippen LogP contribution in [0, 0.1) is 11.8 Å². The van der Waals surface area contributed by atoms with E-state index in [0.29, 0.717) is 0 Å². The van der Waals surface area contributed by atoms with Crippen LogP contribution in [0.5, 0.6) is 0 Å². The number of rotatable bonds is 3. The largest absolute Gasteiger partial charge is 0.469 e. The number of carbonyl (C=O) groups excluding carboxylic acids is 2. The minimum atomic E-state index is -1.85. The monoisotopic (exact) mass is 326 g/mol. The first kappa shape index (κ1) is 16.0. The fraction of sp³-hybridized carbons (Fsp3) is 0.833. The molecule has 0 aromatic carbocycles. The SMILES string of the molecule is COC(=O)[C@H]1[C@H](C)[C@@]2(Cl)C(=O)[C@@H](O)[C@]1(Cl)C2(OC)OC. The van der Waals surface area contributed by atoms with E-state index in [0.717, 1.165) is 0 Å². The van der Waals surface area contributed by atoms with E-state index in [1.54, 1.807) is 6.92 Å². The predicted octanol–water partition coefficient (Wildman–Crippen LogP) is 0.313. The second kappa shape index (κ2) is 4.55. The van der Waals surface area contributed by atoms with E-state index in [1.807, 2.05) is 0 Å². The maximum Gasteiger partial charge on any atom is 0.311 e. The molecular formula is C12H16Cl2O6. The molecule has 0 radical (unpaired) electrons. The molecule has 0 aromatic heterocycles. The zero-order chi connectivity index (χ0) is 15.5. The lowest BCUT2D eigenvalue weighted by Crippen LogP contribution is -2.59. The molecule has 20 heavy (non-hydrogen) atoms. The van der Waals surface area contributed by atoms with E-state index < -0.39 is 45.2 Å². The third-order valence-corrected chi connectivity index (χ3v) is 6.07. The number of hydrogen-bond acceptors (Lipinski definition) is 6. The number of halogens is 2. The molecule has 0 aliphatic heterocycles. The smallest absolute Gasteiger partial charge is 0.311 e. The third kappa shape index (κ3) is 1.28. The summed E-state index contributed by atoms with van der Waals surface area (Å²) < 4.78 is 15.3. The number of fused-ring (bicyclic) bond motifs is 2. The van der Waals surface area contributed by atoms with E-state index in [4.69, 9.17) is 37.4 Å². The van der Waals surface area contributed by atoms with Gasteiger partial charge in [-0.05, 0) is 0 Å². The molecule has 0 amide bonds. The van der Waals surface area contributed by atoms with Crippen molar-refractivity contribution in [1.82, 2.24) is 0 Å². The van der Waals surface area contributed by atoms with Gasteiger partial charge in [0.25, 0.3) is 0 Å². The van der Waals surface area contributed by atoms with Gasteiger partial charge in [-0.3, -0.25) is 9.59 Å². The molecule has 5 atom stereocenters. The molecule has 2 aliphatic rings. The van der Waals surface area contributed by atoms with Gasteiger partial charge in [0, 0.05) is 20.1 Å². The maximum atomic E-state index is 12.3. The molecule has 0 heterocycles. The van der Waals surface area contributed by atoms with Crippen LogP contribution in [0.2, 0.25) is 0 Å². The van der Waals surface area contributed by atoms with Crippen molar-refractivity contribution in [2.45, 2.75) is 28.6 Å². The van der Waals surface area contributed by atoms with Gasteiger partial charge in [-0.2, -0.15) is 0 Å². The van der Waals surface area contributed by atoms with Crippen molar-refractivity contribution in [2.24, 2.45) is 11.8 Å². The standard InChI is InChI=1S/C12H16Cl2O6/c1-5-6(9(17)18-2)11(14)8(16)7(15)10(5,13)12(11,19-3)20-4/h5-6,8,16H,1-4H3/t5-,6+,8+,10+,11-/m0/s1. The Labute approximate surface area is 126 Å². The molecule has 2 aliphatic carbocycles. The number of methoxy groups -OCH3 is 3. The molecule has 2 rings (SSSR count). The van der Waals surface area contributed by atoms with Gasteiger partial charge in [-0.15, -0.1) is 23.2 Å². The molecule has 0 spiro atoms. The Morgan fingerprint density at radius 3 is 2.10 bits per heavy atom. The third-order valence-electron chi connectivity index (χ3n) is 4.60. The second-order valence-electron chi connectivity index (χ2n) is 5.06. The second-order valence-corrected chi connectivity index (χ2v) is 6.28. The van der Waals surface area contributed by atoms with E-state index >= 15 is 0 Å². The fourth-order valence-corrected chi connectivity index (χ4v) is 4.97. The van der Waals surface area contributed by atoms with Crippen LogP contribution in [0.15, 0.2) is 0 Å².